The van der Waals surface area contributed by atoms with Crippen molar-refractivity contribution in [2.45, 2.75) is 25.7 Å². The van der Waals surface area contributed by atoms with Crippen LogP contribution in [0.15, 0.2) is 48.8 Å². The van der Waals surface area contributed by atoms with Crippen LogP contribution >= 0.6 is 0 Å². The van der Waals surface area contributed by atoms with Gasteiger partial charge >= 0.3 is 0 Å². The summed E-state index contributed by atoms with van der Waals surface area (Å²) in [6.07, 6.45) is 8.09. The average molecular weight is 461 g/mol. The molecule has 0 spiro atoms. The molecular weight excluding hydrogens is 428 g/mol. The standard InChI is InChI=1S/C26H32N6O2/c33-26(24-6-4-5-22(29-24)21-18-27-28-19-21)30-23-8-7-20(9-12-31-13-15-34-16-14-31)17-25(23)32-10-2-1-3-11-32/h4-8,17-19H,1-3,9-16H2,(H,27,28)(H,30,33). The fraction of sp³-hybridized carbons (Fsp3) is 0.423. The molecule has 2 aliphatic heterocycles. The van der Waals surface area contributed by atoms with Crippen molar-refractivity contribution < 1.29 is 9.53 Å². The van der Waals surface area contributed by atoms with E-state index in [0.717, 1.165) is 75.0 Å². The minimum atomic E-state index is -0.204. The third-order valence-electron chi connectivity index (χ3n) is 6.60. The van der Waals surface area contributed by atoms with Gasteiger partial charge in [0.25, 0.3) is 5.91 Å². The molecule has 178 valence electrons. The van der Waals surface area contributed by atoms with E-state index in [4.69, 9.17) is 4.74 Å². The molecule has 34 heavy (non-hydrogen) atoms. The number of anilines is 2. The molecule has 0 radical (unpaired) electrons. The van der Waals surface area contributed by atoms with E-state index in [9.17, 15) is 4.79 Å². The third kappa shape index (κ3) is 5.46. The Morgan fingerprint density at radius 1 is 1.06 bits per heavy atom. The SMILES string of the molecule is O=C(Nc1ccc(CCN2CCOCC2)cc1N1CCCCC1)c1cccc(-c2cn[nH]c2)n1. The second-order valence-corrected chi connectivity index (χ2v) is 8.95. The second-order valence-electron chi connectivity index (χ2n) is 8.95. The minimum absolute atomic E-state index is 0.204. The van der Waals surface area contributed by atoms with Crippen LogP contribution in [0.25, 0.3) is 11.3 Å². The van der Waals surface area contributed by atoms with Gasteiger partial charge in [-0.3, -0.25) is 14.8 Å². The fourth-order valence-electron chi connectivity index (χ4n) is 4.65. The van der Waals surface area contributed by atoms with Gasteiger partial charge in [-0.15, -0.1) is 0 Å². The van der Waals surface area contributed by atoms with Gasteiger partial charge in [0.05, 0.1) is 36.5 Å². The number of amides is 1. The summed E-state index contributed by atoms with van der Waals surface area (Å²) in [4.78, 5) is 22.6. The molecule has 2 fully saturated rings. The first kappa shape index (κ1) is 22.6. The number of hydrogen-bond acceptors (Lipinski definition) is 6. The first-order valence-electron chi connectivity index (χ1n) is 12.2. The van der Waals surface area contributed by atoms with E-state index in [1.165, 1.54) is 24.8 Å². The molecule has 2 aliphatic rings. The Bertz CT molecular complexity index is 1090. The number of ether oxygens (including phenoxy) is 1. The van der Waals surface area contributed by atoms with Gasteiger partial charge < -0.3 is 15.0 Å². The lowest BCUT2D eigenvalue weighted by molar-refractivity contribution is 0.0384. The quantitative estimate of drug-likeness (QED) is 0.560. The van der Waals surface area contributed by atoms with Crippen LogP contribution < -0.4 is 10.2 Å². The summed E-state index contributed by atoms with van der Waals surface area (Å²) < 4.78 is 5.47. The Kier molecular flexibility index (Phi) is 7.16. The molecular formula is C26H32N6O2. The van der Waals surface area contributed by atoms with Gasteiger partial charge in [-0.1, -0.05) is 12.1 Å². The van der Waals surface area contributed by atoms with Gasteiger partial charge in [-0.2, -0.15) is 5.10 Å². The van der Waals surface area contributed by atoms with Crippen LogP contribution in [0, 0.1) is 0 Å². The van der Waals surface area contributed by atoms with E-state index >= 15 is 0 Å². The summed E-state index contributed by atoms with van der Waals surface area (Å²) in [5, 5.41) is 9.90. The van der Waals surface area contributed by atoms with Crippen molar-refractivity contribution in [1.82, 2.24) is 20.1 Å². The van der Waals surface area contributed by atoms with Crippen molar-refractivity contribution in [2.24, 2.45) is 0 Å². The molecule has 5 rings (SSSR count). The molecule has 2 N–H and O–H groups in total. The predicted octanol–water partition coefficient (Wildman–Crippen LogP) is 3.59. The molecule has 2 saturated heterocycles. The van der Waals surface area contributed by atoms with E-state index in [2.05, 4.69) is 48.5 Å². The van der Waals surface area contributed by atoms with Gasteiger partial charge in [0, 0.05) is 44.5 Å². The molecule has 1 amide bonds. The number of aromatic nitrogens is 3. The highest BCUT2D eigenvalue weighted by molar-refractivity contribution is 6.05. The van der Waals surface area contributed by atoms with Crippen LogP contribution in [0.3, 0.4) is 0 Å². The highest BCUT2D eigenvalue weighted by Gasteiger charge is 2.19. The van der Waals surface area contributed by atoms with E-state index in [1.54, 1.807) is 18.5 Å². The summed E-state index contributed by atoms with van der Waals surface area (Å²) in [7, 11) is 0. The largest absolute Gasteiger partial charge is 0.379 e. The molecule has 8 heteroatoms. The molecule has 8 nitrogen and oxygen atoms in total. The molecule has 0 bridgehead atoms. The summed E-state index contributed by atoms with van der Waals surface area (Å²) in [6.45, 7) is 6.70. The molecule has 1 aromatic carbocycles. The monoisotopic (exact) mass is 460 g/mol. The number of rotatable bonds is 7. The van der Waals surface area contributed by atoms with E-state index in [0.29, 0.717) is 5.69 Å². The Morgan fingerprint density at radius 3 is 2.71 bits per heavy atom. The van der Waals surface area contributed by atoms with Gasteiger partial charge in [-0.25, -0.2) is 4.98 Å². The van der Waals surface area contributed by atoms with Gasteiger partial charge in [0.1, 0.15) is 5.69 Å². The number of pyridine rings is 1. The molecule has 0 atom stereocenters. The Labute approximate surface area is 200 Å². The smallest absolute Gasteiger partial charge is 0.274 e. The lowest BCUT2D eigenvalue weighted by atomic mass is 10.1. The fourth-order valence-corrected chi connectivity index (χ4v) is 4.65. The third-order valence-corrected chi connectivity index (χ3v) is 6.60. The van der Waals surface area contributed by atoms with Crippen molar-refractivity contribution in [2.75, 3.05) is 56.2 Å². The zero-order valence-electron chi connectivity index (χ0n) is 19.5. The van der Waals surface area contributed by atoms with Crippen molar-refractivity contribution >= 4 is 17.3 Å². The van der Waals surface area contributed by atoms with Crippen LogP contribution in [0.1, 0.15) is 35.3 Å². The van der Waals surface area contributed by atoms with Crippen molar-refractivity contribution in [3.8, 4) is 11.3 Å². The summed E-state index contributed by atoms with van der Waals surface area (Å²) >= 11 is 0. The second kappa shape index (κ2) is 10.8. The Hall–Kier alpha value is -3.23. The molecule has 0 aliphatic carbocycles. The number of piperidine rings is 1. The predicted molar refractivity (Wildman–Crippen MR) is 133 cm³/mol. The number of benzene rings is 1. The van der Waals surface area contributed by atoms with E-state index in [1.807, 2.05) is 12.1 Å². The molecule has 3 aromatic rings. The first-order valence-corrected chi connectivity index (χ1v) is 12.2. The maximum absolute atomic E-state index is 13.2. The number of nitrogens with one attached hydrogen (secondary N) is 2. The zero-order chi connectivity index (χ0) is 23.2. The molecule has 2 aromatic heterocycles. The van der Waals surface area contributed by atoms with Gasteiger partial charge in [-0.05, 0) is 55.5 Å². The van der Waals surface area contributed by atoms with Crippen LogP contribution in [0.5, 0.6) is 0 Å². The van der Waals surface area contributed by atoms with Crippen LogP contribution in [-0.2, 0) is 11.2 Å². The van der Waals surface area contributed by atoms with E-state index in [-0.39, 0.29) is 5.91 Å². The lowest BCUT2D eigenvalue weighted by Crippen LogP contribution is -2.37. The summed E-state index contributed by atoms with van der Waals surface area (Å²) in [5.41, 5.74) is 5.21. The molecule has 4 heterocycles. The number of H-pyrrole nitrogens is 1. The lowest BCUT2D eigenvalue weighted by Gasteiger charge is -2.31. The number of carbonyl (C=O) groups is 1. The number of hydrogen-bond donors (Lipinski definition) is 2. The molecule has 0 saturated carbocycles. The van der Waals surface area contributed by atoms with Crippen molar-refractivity contribution in [3.05, 3.63) is 60.0 Å². The summed E-state index contributed by atoms with van der Waals surface area (Å²) in [5.74, 6) is -0.204. The first-order chi connectivity index (χ1) is 16.8. The van der Waals surface area contributed by atoms with Crippen LogP contribution in [-0.4, -0.2) is 71.9 Å². The minimum Gasteiger partial charge on any atom is -0.379 e. The maximum Gasteiger partial charge on any atom is 0.274 e. The number of carbonyl (C=O) groups excluding carboxylic acids is 1. The summed E-state index contributed by atoms with van der Waals surface area (Å²) in [6, 6.07) is 11.9. The number of nitrogens with zero attached hydrogens (tertiary/aromatic N) is 4. The van der Waals surface area contributed by atoms with Crippen molar-refractivity contribution in [1.29, 1.82) is 0 Å². The molecule has 0 unspecified atom stereocenters. The Balaban J connectivity index is 1.34. The zero-order valence-corrected chi connectivity index (χ0v) is 19.5. The van der Waals surface area contributed by atoms with E-state index < -0.39 is 0 Å². The normalized spacial score (nSPS) is 17.0. The van der Waals surface area contributed by atoms with Gasteiger partial charge in [0.2, 0.25) is 0 Å². The van der Waals surface area contributed by atoms with Crippen LogP contribution in [0.2, 0.25) is 0 Å². The highest BCUT2D eigenvalue weighted by atomic mass is 16.5. The highest BCUT2D eigenvalue weighted by Crippen LogP contribution is 2.30. The number of morpholine rings is 1. The maximum atomic E-state index is 13.2. The van der Waals surface area contributed by atoms with Gasteiger partial charge in [0.15, 0.2) is 0 Å². The number of aromatic amines is 1. The van der Waals surface area contributed by atoms with Crippen molar-refractivity contribution in [3.63, 3.8) is 0 Å². The topological polar surface area (TPSA) is 86.4 Å². The average Bonchev–Trinajstić information content (AvgIpc) is 3.44. The Morgan fingerprint density at radius 2 is 1.91 bits per heavy atom. The van der Waals surface area contributed by atoms with Crippen LogP contribution in [0.4, 0.5) is 11.4 Å².